The molecule has 0 fully saturated rings. The molecule has 0 atom stereocenters. The molecule has 2 aromatic carbocycles. The Balaban J connectivity index is 1.42. The first kappa shape index (κ1) is 29.7. The number of aromatic amines is 1. The van der Waals surface area contributed by atoms with Gasteiger partial charge in [-0.25, -0.2) is 31.6 Å². The lowest BCUT2D eigenvalue weighted by Gasteiger charge is -2.12. The van der Waals surface area contributed by atoms with Crippen molar-refractivity contribution in [3.63, 3.8) is 0 Å². The lowest BCUT2D eigenvalue weighted by atomic mass is 10.00. The second-order valence-corrected chi connectivity index (χ2v) is 11.6. The standard InChI is InChI=1S/C30H26F3N5O4S/c1-38(2)11-4-12-42-26-10-7-18(15-34-26)19-13-22-23(17-36-30(22)35-16-19)29(39)27-24(32)8-9-25(28(27)33)37-43(40,41)21-6-3-5-20(31)14-21/h3,5-10,13-17,37H,4,11-12H2,1-2H3,(H,35,36). The van der Waals surface area contributed by atoms with Gasteiger partial charge in [-0.15, -0.1) is 0 Å². The Morgan fingerprint density at radius 1 is 1.00 bits per heavy atom. The normalized spacial score (nSPS) is 11.7. The van der Waals surface area contributed by atoms with Gasteiger partial charge in [-0.05, 0) is 63.0 Å². The Kier molecular flexibility index (Phi) is 8.46. The molecule has 5 rings (SSSR count). The van der Waals surface area contributed by atoms with E-state index in [1.807, 2.05) is 18.8 Å². The van der Waals surface area contributed by atoms with E-state index in [4.69, 9.17) is 4.74 Å². The van der Waals surface area contributed by atoms with Crippen LogP contribution in [0.5, 0.6) is 5.88 Å². The van der Waals surface area contributed by atoms with E-state index in [9.17, 15) is 22.0 Å². The number of sulfonamides is 1. The first-order valence-corrected chi connectivity index (χ1v) is 14.5. The molecule has 0 amide bonds. The Morgan fingerprint density at radius 2 is 1.79 bits per heavy atom. The van der Waals surface area contributed by atoms with Crippen LogP contribution in [-0.2, 0) is 10.0 Å². The molecule has 0 unspecified atom stereocenters. The van der Waals surface area contributed by atoms with Crippen molar-refractivity contribution >= 4 is 32.5 Å². The van der Waals surface area contributed by atoms with E-state index >= 15 is 4.39 Å². The van der Waals surface area contributed by atoms with Gasteiger partial charge in [0.25, 0.3) is 10.0 Å². The van der Waals surface area contributed by atoms with Gasteiger partial charge in [0.2, 0.25) is 11.7 Å². The van der Waals surface area contributed by atoms with Crippen LogP contribution in [0, 0.1) is 17.5 Å². The van der Waals surface area contributed by atoms with E-state index in [-0.39, 0.29) is 10.9 Å². The number of halogens is 3. The Hall–Kier alpha value is -4.75. The summed E-state index contributed by atoms with van der Waals surface area (Å²) in [6, 6.07) is 10.8. The molecule has 222 valence electrons. The molecule has 5 aromatic rings. The molecular weight excluding hydrogens is 583 g/mol. The summed E-state index contributed by atoms with van der Waals surface area (Å²) in [4.78, 5) is 26.5. The van der Waals surface area contributed by atoms with Gasteiger partial charge < -0.3 is 14.6 Å². The fraction of sp³-hybridized carbons (Fsp3) is 0.167. The monoisotopic (exact) mass is 609 g/mol. The SMILES string of the molecule is CN(C)CCCOc1ccc(-c2cnc3[nH]cc(C(=O)c4c(F)ccc(NS(=O)(=O)c5cccc(F)c5)c4F)c3c2)cn1. The lowest BCUT2D eigenvalue weighted by molar-refractivity contribution is 0.103. The fourth-order valence-corrected chi connectivity index (χ4v) is 5.45. The van der Waals surface area contributed by atoms with Crippen molar-refractivity contribution in [2.45, 2.75) is 11.3 Å². The molecule has 43 heavy (non-hydrogen) atoms. The molecule has 0 bridgehead atoms. The van der Waals surface area contributed by atoms with Gasteiger partial charge in [-0.2, -0.15) is 0 Å². The maximum absolute atomic E-state index is 15.5. The Bertz CT molecular complexity index is 1910. The Morgan fingerprint density at radius 3 is 2.51 bits per heavy atom. The minimum absolute atomic E-state index is 0.0823. The summed E-state index contributed by atoms with van der Waals surface area (Å²) < 4.78 is 77.0. The van der Waals surface area contributed by atoms with Gasteiger partial charge in [-0.1, -0.05) is 6.07 Å². The smallest absolute Gasteiger partial charge is 0.262 e. The van der Waals surface area contributed by atoms with E-state index in [0.717, 1.165) is 43.3 Å². The topological polar surface area (TPSA) is 117 Å². The van der Waals surface area contributed by atoms with Crippen molar-refractivity contribution in [3.8, 4) is 17.0 Å². The van der Waals surface area contributed by atoms with Gasteiger partial charge in [0.1, 0.15) is 17.3 Å². The average Bonchev–Trinajstić information content (AvgIpc) is 3.40. The number of pyridine rings is 2. The number of fused-ring (bicyclic) bond motifs is 1. The number of nitrogens with zero attached hydrogens (tertiary/aromatic N) is 3. The quantitative estimate of drug-likeness (QED) is 0.152. The van der Waals surface area contributed by atoms with Crippen LogP contribution in [0.4, 0.5) is 18.9 Å². The maximum Gasteiger partial charge on any atom is 0.262 e. The molecule has 3 aromatic heterocycles. The molecule has 3 heterocycles. The third-order valence-electron chi connectivity index (χ3n) is 6.51. The molecular formula is C30H26F3N5O4S. The minimum Gasteiger partial charge on any atom is -0.478 e. The summed E-state index contributed by atoms with van der Waals surface area (Å²) in [6.45, 7) is 1.39. The number of rotatable bonds is 11. The van der Waals surface area contributed by atoms with E-state index in [0.29, 0.717) is 29.3 Å². The summed E-state index contributed by atoms with van der Waals surface area (Å²) in [5.41, 5.74) is -0.178. The lowest BCUT2D eigenvalue weighted by Crippen LogP contribution is -2.16. The van der Waals surface area contributed by atoms with Gasteiger partial charge in [0, 0.05) is 53.3 Å². The number of aromatic nitrogens is 3. The van der Waals surface area contributed by atoms with Crippen LogP contribution >= 0.6 is 0 Å². The van der Waals surface area contributed by atoms with Crippen molar-refractivity contribution in [1.29, 1.82) is 0 Å². The van der Waals surface area contributed by atoms with Crippen LogP contribution in [0.15, 0.2) is 78.1 Å². The molecule has 2 N–H and O–H groups in total. The van der Waals surface area contributed by atoms with Crippen molar-refractivity contribution < 1.29 is 31.1 Å². The molecule has 13 heteroatoms. The third-order valence-corrected chi connectivity index (χ3v) is 7.88. The third kappa shape index (κ3) is 6.52. The Labute approximate surface area is 245 Å². The molecule has 0 aliphatic rings. The number of nitrogens with one attached hydrogen (secondary N) is 2. The predicted molar refractivity (Wildman–Crippen MR) is 155 cm³/mol. The zero-order valence-corrected chi connectivity index (χ0v) is 23.9. The fourth-order valence-electron chi connectivity index (χ4n) is 4.36. The van der Waals surface area contributed by atoms with Crippen molar-refractivity contribution in [2.24, 2.45) is 0 Å². The molecule has 0 saturated carbocycles. The van der Waals surface area contributed by atoms with Crippen molar-refractivity contribution in [2.75, 3.05) is 32.0 Å². The van der Waals surface area contributed by atoms with Crippen LogP contribution in [-0.4, -0.2) is 61.3 Å². The summed E-state index contributed by atoms with van der Waals surface area (Å²) in [5.74, 6) is -4.02. The molecule has 0 radical (unpaired) electrons. The first-order chi connectivity index (χ1) is 20.5. The van der Waals surface area contributed by atoms with Gasteiger partial charge in [0.05, 0.1) is 22.8 Å². The van der Waals surface area contributed by atoms with Crippen LogP contribution in [0.1, 0.15) is 22.3 Å². The molecule has 9 nitrogen and oxygen atoms in total. The maximum atomic E-state index is 15.5. The number of anilines is 1. The van der Waals surface area contributed by atoms with Crippen LogP contribution < -0.4 is 9.46 Å². The minimum atomic E-state index is -4.45. The van der Waals surface area contributed by atoms with Crippen LogP contribution in [0.2, 0.25) is 0 Å². The largest absolute Gasteiger partial charge is 0.478 e. The van der Waals surface area contributed by atoms with E-state index < -0.39 is 49.4 Å². The summed E-state index contributed by atoms with van der Waals surface area (Å²) in [7, 11) is -0.491. The van der Waals surface area contributed by atoms with Gasteiger partial charge in [0.15, 0.2) is 5.82 Å². The summed E-state index contributed by atoms with van der Waals surface area (Å²) >= 11 is 0. The van der Waals surface area contributed by atoms with E-state index in [1.54, 1.807) is 30.6 Å². The number of hydrogen-bond donors (Lipinski definition) is 2. The highest BCUT2D eigenvalue weighted by Gasteiger charge is 2.26. The molecule has 0 aliphatic carbocycles. The first-order valence-electron chi connectivity index (χ1n) is 13.1. The van der Waals surface area contributed by atoms with E-state index in [2.05, 4.69) is 19.9 Å². The van der Waals surface area contributed by atoms with Crippen molar-refractivity contribution in [1.82, 2.24) is 19.9 Å². The highest BCUT2D eigenvalue weighted by atomic mass is 32.2. The van der Waals surface area contributed by atoms with Crippen LogP contribution in [0.3, 0.4) is 0 Å². The predicted octanol–water partition coefficient (Wildman–Crippen LogP) is 5.40. The van der Waals surface area contributed by atoms with Crippen LogP contribution in [0.25, 0.3) is 22.2 Å². The zero-order chi connectivity index (χ0) is 30.7. The zero-order valence-electron chi connectivity index (χ0n) is 23.1. The highest BCUT2D eigenvalue weighted by Crippen LogP contribution is 2.30. The molecule has 0 spiro atoms. The summed E-state index contributed by atoms with van der Waals surface area (Å²) in [6.07, 6.45) is 5.26. The van der Waals surface area contributed by atoms with E-state index in [1.165, 1.54) is 12.3 Å². The summed E-state index contributed by atoms with van der Waals surface area (Å²) in [5, 5.41) is 0.288. The number of H-pyrrole nitrogens is 1. The number of ketones is 1. The average molecular weight is 610 g/mol. The molecule has 0 saturated heterocycles. The van der Waals surface area contributed by atoms with Crippen molar-refractivity contribution in [3.05, 3.63) is 102 Å². The number of carbonyl (C=O) groups is 1. The second kappa shape index (κ2) is 12.2. The number of carbonyl (C=O) groups excluding carboxylic acids is 1. The number of benzene rings is 2. The number of hydrogen-bond acceptors (Lipinski definition) is 7. The molecule has 0 aliphatic heterocycles. The van der Waals surface area contributed by atoms with Gasteiger partial charge >= 0.3 is 0 Å². The number of ether oxygens (including phenoxy) is 1. The second-order valence-electron chi connectivity index (χ2n) is 9.89. The highest BCUT2D eigenvalue weighted by molar-refractivity contribution is 7.92. The van der Waals surface area contributed by atoms with Gasteiger partial charge in [-0.3, -0.25) is 9.52 Å².